The Labute approximate surface area is 135 Å². The molecule has 23 heavy (non-hydrogen) atoms. The minimum atomic E-state index is 0.0731. The molecule has 0 atom stereocenters. The van der Waals surface area contributed by atoms with Gasteiger partial charge >= 0.3 is 0 Å². The quantitative estimate of drug-likeness (QED) is 0.833. The van der Waals surface area contributed by atoms with Crippen LogP contribution in [0, 0.1) is 5.92 Å². The molecule has 0 bridgehead atoms. The van der Waals surface area contributed by atoms with Crippen LogP contribution in [0.15, 0.2) is 47.2 Å². The van der Waals surface area contributed by atoms with E-state index in [1.165, 1.54) is 0 Å². The number of aliphatic imine (C=N–C) groups is 1. The van der Waals surface area contributed by atoms with Crippen LogP contribution in [0.3, 0.4) is 0 Å². The second-order valence-corrected chi connectivity index (χ2v) is 5.84. The van der Waals surface area contributed by atoms with Gasteiger partial charge in [-0.1, -0.05) is 12.1 Å². The highest BCUT2D eigenvalue weighted by atomic mass is 16.2. The van der Waals surface area contributed by atoms with Crippen molar-refractivity contribution in [3.05, 3.63) is 47.8 Å². The second kappa shape index (κ2) is 6.60. The van der Waals surface area contributed by atoms with Gasteiger partial charge in [0.2, 0.25) is 5.91 Å². The molecule has 3 N–H and O–H groups in total. The number of rotatable bonds is 5. The van der Waals surface area contributed by atoms with Crippen LogP contribution in [0.25, 0.3) is 10.8 Å². The van der Waals surface area contributed by atoms with Crippen molar-refractivity contribution in [3.8, 4) is 0 Å². The maximum absolute atomic E-state index is 11.8. The van der Waals surface area contributed by atoms with Gasteiger partial charge in [-0.05, 0) is 42.0 Å². The fourth-order valence-corrected chi connectivity index (χ4v) is 2.41. The van der Waals surface area contributed by atoms with Crippen LogP contribution in [0.4, 0.5) is 5.82 Å². The van der Waals surface area contributed by atoms with Gasteiger partial charge < -0.3 is 11.1 Å². The van der Waals surface area contributed by atoms with Crippen molar-refractivity contribution in [3.63, 3.8) is 0 Å². The lowest BCUT2D eigenvalue weighted by Gasteiger charge is -2.07. The summed E-state index contributed by atoms with van der Waals surface area (Å²) < 4.78 is 0. The average molecular weight is 308 g/mol. The maximum Gasteiger partial charge on any atom is 0.228 e. The number of aromatic nitrogens is 1. The molecule has 1 saturated carbocycles. The predicted octanol–water partition coefficient (Wildman–Crippen LogP) is 2.67. The molecule has 0 saturated heterocycles. The number of benzene rings is 1. The van der Waals surface area contributed by atoms with E-state index in [4.69, 9.17) is 5.73 Å². The molecular weight excluding hydrogens is 288 g/mol. The van der Waals surface area contributed by atoms with Crippen LogP contribution in [-0.2, 0) is 11.2 Å². The van der Waals surface area contributed by atoms with Crippen molar-refractivity contribution in [1.29, 1.82) is 0 Å². The molecule has 1 amide bonds. The molecule has 1 aromatic heterocycles. The van der Waals surface area contributed by atoms with E-state index in [1.807, 2.05) is 18.2 Å². The molecule has 1 aliphatic carbocycles. The zero-order chi connectivity index (χ0) is 16.2. The standard InChI is InChI=1S/C18H20N4O/c1-20-7-6-16(19)9-12-2-3-14-10-17(21-11-15(14)8-12)22-18(23)13-4-5-13/h2-3,6-8,10-11,13H,4-5,9,19H2,1H3,(H,21,22,23). The molecule has 1 aliphatic rings. The van der Waals surface area contributed by atoms with Crippen LogP contribution in [0.5, 0.6) is 0 Å². The van der Waals surface area contributed by atoms with Crippen LogP contribution in [-0.4, -0.2) is 24.2 Å². The number of carbonyl (C=O) groups excluding carboxylic acids is 1. The molecule has 0 unspecified atom stereocenters. The number of hydrogen-bond acceptors (Lipinski definition) is 4. The third-order valence-corrected chi connectivity index (χ3v) is 3.83. The fraction of sp³-hybridized carbons (Fsp3) is 0.278. The van der Waals surface area contributed by atoms with Crippen LogP contribution < -0.4 is 11.1 Å². The first kappa shape index (κ1) is 15.2. The molecule has 3 rings (SSSR count). The molecule has 0 aliphatic heterocycles. The number of nitrogens with zero attached hydrogens (tertiary/aromatic N) is 2. The minimum absolute atomic E-state index is 0.0731. The van der Waals surface area contributed by atoms with Gasteiger partial charge in [-0.3, -0.25) is 9.79 Å². The van der Waals surface area contributed by atoms with E-state index >= 15 is 0 Å². The lowest BCUT2D eigenvalue weighted by atomic mass is 10.1. The molecule has 5 nitrogen and oxygen atoms in total. The summed E-state index contributed by atoms with van der Waals surface area (Å²) in [6.45, 7) is 0. The topological polar surface area (TPSA) is 80.4 Å². The van der Waals surface area contributed by atoms with E-state index in [0.717, 1.165) is 34.9 Å². The first-order valence-corrected chi connectivity index (χ1v) is 7.72. The van der Waals surface area contributed by atoms with Gasteiger partial charge in [-0.15, -0.1) is 0 Å². The molecule has 1 aromatic carbocycles. The lowest BCUT2D eigenvalue weighted by molar-refractivity contribution is -0.117. The minimum Gasteiger partial charge on any atom is -0.402 e. The van der Waals surface area contributed by atoms with Gasteiger partial charge in [0.15, 0.2) is 0 Å². The van der Waals surface area contributed by atoms with Crippen molar-refractivity contribution in [2.75, 3.05) is 12.4 Å². The van der Waals surface area contributed by atoms with E-state index in [1.54, 1.807) is 25.5 Å². The highest BCUT2D eigenvalue weighted by Gasteiger charge is 2.29. The Morgan fingerprint density at radius 2 is 2.22 bits per heavy atom. The first-order valence-electron chi connectivity index (χ1n) is 7.72. The lowest BCUT2D eigenvalue weighted by Crippen LogP contribution is -2.14. The molecule has 0 spiro atoms. The van der Waals surface area contributed by atoms with E-state index in [9.17, 15) is 4.79 Å². The number of pyridine rings is 1. The Morgan fingerprint density at radius 3 is 2.96 bits per heavy atom. The maximum atomic E-state index is 11.8. The van der Waals surface area contributed by atoms with E-state index in [-0.39, 0.29) is 11.8 Å². The van der Waals surface area contributed by atoms with Crippen LogP contribution >= 0.6 is 0 Å². The SMILES string of the molecule is CN=CC=C(N)Cc1ccc2cc(NC(=O)C3CC3)ncc2c1. The van der Waals surface area contributed by atoms with Gasteiger partial charge in [-0.25, -0.2) is 4.98 Å². The third kappa shape index (κ3) is 3.94. The largest absolute Gasteiger partial charge is 0.402 e. The number of fused-ring (bicyclic) bond motifs is 1. The normalized spacial score (nSPS) is 15.3. The van der Waals surface area contributed by atoms with E-state index in [2.05, 4.69) is 21.4 Å². The van der Waals surface area contributed by atoms with Gasteiger partial charge in [0.05, 0.1) is 0 Å². The fourth-order valence-electron chi connectivity index (χ4n) is 2.41. The molecular formula is C18H20N4O. The van der Waals surface area contributed by atoms with Crippen molar-refractivity contribution in [2.45, 2.75) is 19.3 Å². The monoisotopic (exact) mass is 308 g/mol. The van der Waals surface area contributed by atoms with Gasteiger partial charge in [0.1, 0.15) is 5.82 Å². The Morgan fingerprint density at radius 1 is 1.39 bits per heavy atom. The molecule has 0 radical (unpaired) electrons. The number of anilines is 1. The summed E-state index contributed by atoms with van der Waals surface area (Å²) in [5.74, 6) is 0.862. The zero-order valence-corrected chi connectivity index (χ0v) is 13.1. The molecule has 5 heteroatoms. The van der Waals surface area contributed by atoms with E-state index in [0.29, 0.717) is 12.2 Å². The Balaban J connectivity index is 1.76. The molecule has 1 fully saturated rings. The summed E-state index contributed by atoms with van der Waals surface area (Å²) in [4.78, 5) is 20.0. The highest BCUT2D eigenvalue weighted by Crippen LogP contribution is 2.30. The Bertz CT molecular complexity index is 791. The number of hydrogen-bond donors (Lipinski definition) is 2. The number of amides is 1. The first-order chi connectivity index (χ1) is 11.2. The molecule has 2 aromatic rings. The Kier molecular flexibility index (Phi) is 4.37. The van der Waals surface area contributed by atoms with E-state index < -0.39 is 0 Å². The Hall–Kier alpha value is -2.69. The number of nitrogens with two attached hydrogens (primary N) is 1. The molecule has 118 valence electrons. The summed E-state index contributed by atoms with van der Waals surface area (Å²) in [6.07, 6.45) is 7.92. The van der Waals surface area contributed by atoms with Gasteiger partial charge in [0.25, 0.3) is 0 Å². The summed E-state index contributed by atoms with van der Waals surface area (Å²) in [7, 11) is 1.71. The predicted molar refractivity (Wildman–Crippen MR) is 93.5 cm³/mol. The van der Waals surface area contributed by atoms with Gasteiger partial charge in [0, 0.05) is 42.9 Å². The number of nitrogens with one attached hydrogen (secondary N) is 1. The third-order valence-electron chi connectivity index (χ3n) is 3.83. The highest BCUT2D eigenvalue weighted by molar-refractivity contribution is 5.95. The summed E-state index contributed by atoms with van der Waals surface area (Å²) in [5.41, 5.74) is 7.83. The second-order valence-electron chi connectivity index (χ2n) is 5.84. The summed E-state index contributed by atoms with van der Waals surface area (Å²) in [6, 6.07) is 8.04. The van der Waals surface area contributed by atoms with Crippen molar-refractivity contribution < 1.29 is 4.79 Å². The number of carbonyl (C=O) groups is 1. The van der Waals surface area contributed by atoms with Crippen molar-refractivity contribution in [2.24, 2.45) is 16.6 Å². The van der Waals surface area contributed by atoms with Crippen molar-refractivity contribution in [1.82, 2.24) is 4.98 Å². The summed E-state index contributed by atoms with van der Waals surface area (Å²) >= 11 is 0. The van der Waals surface area contributed by atoms with Crippen molar-refractivity contribution >= 4 is 28.7 Å². The van der Waals surface area contributed by atoms with Crippen LogP contribution in [0.1, 0.15) is 18.4 Å². The average Bonchev–Trinajstić information content (AvgIpc) is 3.38. The molecule has 1 heterocycles. The zero-order valence-electron chi connectivity index (χ0n) is 13.1. The smallest absolute Gasteiger partial charge is 0.228 e. The summed E-state index contributed by atoms with van der Waals surface area (Å²) in [5, 5.41) is 4.95. The van der Waals surface area contributed by atoms with Gasteiger partial charge in [-0.2, -0.15) is 0 Å². The number of allylic oxidation sites excluding steroid dienone is 2. The van der Waals surface area contributed by atoms with Crippen LogP contribution in [0.2, 0.25) is 0 Å².